The Labute approximate surface area is 97.4 Å². The topological polar surface area (TPSA) is 51.4 Å². The van der Waals surface area contributed by atoms with Gasteiger partial charge in [0.15, 0.2) is 0 Å². The minimum atomic E-state index is -0.0110. The molecule has 0 unspecified atom stereocenters. The van der Waals surface area contributed by atoms with E-state index < -0.39 is 0 Å². The van der Waals surface area contributed by atoms with Crippen molar-refractivity contribution >= 4 is 5.69 Å². The number of likely N-dealkylation sites (N-methyl/N-ethyl adjacent to an activating group) is 1. The Balaban J connectivity index is 2.70. The van der Waals surface area contributed by atoms with E-state index in [9.17, 15) is 0 Å². The van der Waals surface area contributed by atoms with E-state index in [1.807, 2.05) is 19.2 Å². The average molecular weight is 223 g/mol. The number of anilines is 1. The van der Waals surface area contributed by atoms with Crippen LogP contribution >= 0.6 is 0 Å². The first-order chi connectivity index (χ1) is 7.69. The molecule has 0 saturated heterocycles. The van der Waals surface area contributed by atoms with Crippen LogP contribution < -0.4 is 10.6 Å². The summed E-state index contributed by atoms with van der Waals surface area (Å²) in [6, 6.07) is 4.03. The van der Waals surface area contributed by atoms with Crippen molar-refractivity contribution in [3.8, 4) is 0 Å². The van der Waals surface area contributed by atoms with Crippen LogP contribution in [0.2, 0.25) is 0 Å². The third-order valence-corrected chi connectivity index (χ3v) is 2.55. The number of nitrogens with zero attached hydrogens (tertiary/aromatic N) is 2. The Morgan fingerprint density at radius 2 is 2.25 bits per heavy atom. The van der Waals surface area contributed by atoms with Crippen LogP contribution in [0, 0.1) is 0 Å². The summed E-state index contributed by atoms with van der Waals surface area (Å²) in [4.78, 5) is 6.57. The van der Waals surface area contributed by atoms with Crippen molar-refractivity contribution in [1.82, 2.24) is 4.98 Å². The van der Waals surface area contributed by atoms with Crippen LogP contribution in [0.4, 0.5) is 5.69 Å². The molecule has 1 heterocycles. The number of hydrogen-bond acceptors (Lipinski definition) is 4. The SMILES string of the molecule is CCN(CCOC)c1ccc([C@H](C)N)nc1. The molecule has 0 fully saturated rings. The number of methoxy groups -OCH3 is 1. The van der Waals surface area contributed by atoms with Gasteiger partial charge in [-0.25, -0.2) is 0 Å². The van der Waals surface area contributed by atoms with E-state index in [0.717, 1.165) is 31.1 Å². The lowest BCUT2D eigenvalue weighted by molar-refractivity contribution is 0.205. The highest BCUT2D eigenvalue weighted by molar-refractivity contribution is 5.44. The summed E-state index contributed by atoms with van der Waals surface area (Å²) in [6.45, 7) is 6.61. The first-order valence-electron chi connectivity index (χ1n) is 5.64. The minimum Gasteiger partial charge on any atom is -0.383 e. The second kappa shape index (κ2) is 6.45. The molecular formula is C12H21N3O. The maximum atomic E-state index is 5.76. The Morgan fingerprint density at radius 1 is 1.50 bits per heavy atom. The van der Waals surface area contributed by atoms with Crippen LogP contribution in [0.25, 0.3) is 0 Å². The molecule has 0 aliphatic rings. The molecule has 0 aliphatic carbocycles. The zero-order chi connectivity index (χ0) is 12.0. The van der Waals surface area contributed by atoms with Gasteiger partial charge < -0.3 is 15.4 Å². The van der Waals surface area contributed by atoms with Crippen LogP contribution in [0.15, 0.2) is 18.3 Å². The Kier molecular flexibility index (Phi) is 5.22. The molecule has 0 spiro atoms. The van der Waals surface area contributed by atoms with Gasteiger partial charge in [0.2, 0.25) is 0 Å². The van der Waals surface area contributed by atoms with Crippen molar-refractivity contribution in [3.05, 3.63) is 24.0 Å². The summed E-state index contributed by atoms with van der Waals surface area (Å²) >= 11 is 0. The van der Waals surface area contributed by atoms with Crippen molar-refractivity contribution < 1.29 is 4.74 Å². The lowest BCUT2D eigenvalue weighted by atomic mass is 10.2. The molecule has 4 nitrogen and oxygen atoms in total. The Morgan fingerprint density at radius 3 is 2.69 bits per heavy atom. The number of hydrogen-bond donors (Lipinski definition) is 1. The third kappa shape index (κ3) is 3.47. The number of ether oxygens (including phenoxy) is 1. The summed E-state index contributed by atoms with van der Waals surface area (Å²) in [5, 5.41) is 0. The molecule has 90 valence electrons. The fourth-order valence-electron chi connectivity index (χ4n) is 1.53. The first-order valence-corrected chi connectivity index (χ1v) is 5.64. The largest absolute Gasteiger partial charge is 0.383 e. The second-order valence-electron chi connectivity index (χ2n) is 3.80. The van der Waals surface area contributed by atoms with Crippen LogP contribution in [0.3, 0.4) is 0 Å². The van der Waals surface area contributed by atoms with E-state index in [2.05, 4.69) is 22.9 Å². The molecule has 1 aromatic rings. The lowest BCUT2D eigenvalue weighted by Crippen LogP contribution is -2.27. The molecule has 0 aliphatic heterocycles. The fourth-order valence-corrected chi connectivity index (χ4v) is 1.53. The molecule has 4 heteroatoms. The van der Waals surface area contributed by atoms with Crippen molar-refractivity contribution in [2.45, 2.75) is 19.9 Å². The van der Waals surface area contributed by atoms with Gasteiger partial charge >= 0.3 is 0 Å². The van der Waals surface area contributed by atoms with Crippen molar-refractivity contribution in [3.63, 3.8) is 0 Å². The summed E-state index contributed by atoms with van der Waals surface area (Å²) in [7, 11) is 1.71. The molecule has 0 aromatic carbocycles. The Bertz CT molecular complexity index is 298. The maximum Gasteiger partial charge on any atom is 0.0637 e. The standard InChI is InChI=1S/C12H21N3O/c1-4-15(7-8-16-3)11-5-6-12(10(2)13)14-9-11/h5-6,9-10H,4,7-8,13H2,1-3H3/t10-/m0/s1. The molecule has 1 rings (SSSR count). The van der Waals surface area contributed by atoms with E-state index in [1.54, 1.807) is 7.11 Å². The number of rotatable bonds is 6. The summed E-state index contributed by atoms with van der Waals surface area (Å²) in [5.41, 5.74) is 7.79. The first kappa shape index (κ1) is 12.9. The maximum absolute atomic E-state index is 5.76. The van der Waals surface area contributed by atoms with Crippen LogP contribution in [-0.2, 0) is 4.74 Å². The fraction of sp³-hybridized carbons (Fsp3) is 0.583. The van der Waals surface area contributed by atoms with Gasteiger partial charge in [-0.15, -0.1) is 0 Å². The summed E-state index contributed by atoms with van der Waals surface area (Å²) < 4.78 is 5.08. The van der Waals surface area contributed by atoms with Gasteiger partial charge in [-0.2, -0.15) is 0 Å². The molecule has 0 bridgehead atoms. The average Bonchev–Trinajstić information content (AvgIpc) is 2.30. The molecule has 16 heavy (non-hydrogen) atoms. The van der Waals surface area contributed by atoms with Gasteiger partial charge in [-0.3, -0.25) is 4.98 Å². The van der Waals surface area contributed by atoms with Gasteiger partial charge in [-0.1, -0.05) is 0 Å². The van der Waals surface area contributed by atoms with Gasteiger partial charge in [0.1, 0.15) is 0 Å². The zero-order valence-electron chi connectivity index (χ0n) is 10.3. The highest BCUT2D eigenvalue weighted by atomic mass is 16.5. The normalized spacial score (nSPS) is 12.5. The zero-order valence-corrected chi connectivity index (χ0v) is 10.3. The smallest absolute Gasteiger partial charge is 0.0637 e. The molecular weight excluding hydrogens is 202 g/mol. The molecule has 0 radical (unpaired) electrons. The minimum absolute atomic E-state index is 0.0110. The predicted octanol–water partition coefficient (Wildman–Crippen LogP) is 1.57. The molecule has 1 aromatic heterocycles. The van der Waals surface area contributed by atoms with E-state index in [0.29, 0.717) is 0 Å². The van der Waals surface area contributed by atoms with E-state index in [1.165, 1.54) is 0 Å². The summed E-state index contributed by atoms with van der Waals surface area (Å²) in [5.74, 6) is 0. The van der Waals surface area contributed by atoms with Gasteiger partial charge in [0.05, 0.1) is 24.2 Å². The number of pyridine rings is 1. The van der Waals surface area contributed by atoms with Gasteiger partial charge in [0, 0.05) is 26.2 Å². The second-order valence-corrected chi connectivity index (χ2v) is 3.80. The van der Waals surface area contributed by atoms with Crippen molar-refractivity contribution in [2.75, 3.05) is 31.7 Å². The molecule has 0 amide bonds. The third-order valence-electron chi connectivity index (χ3n) is 2.55. The quantitative estimate of drug-likeness (QED) is 0.795. The molecule has 0 saturated carbocycles. The number of aromatic nitrogens is 1. The van der Waals surface area contributed by atoms with Crippen LogP contribution in [0.1, 0.15) is 25.6 Å². The number of nitrogens with two attached hydrogens (primary N) is 1. The molecule has 1 atom stereocenters. The van der Waals surface area contributed by atoms with E-state index >= 15 is 0 Å². The van der Waals surface area contributed by atoms with Gasteiger partial charge in [0.25, 0.3) is 0 Å². The van der Waals surface area contributed by atoms with Crippen molar-refractivity contribution in [2.24, 2.45) is 5.73 Å². The predicted molar refractivity (Wildman–Crippen MR) is 66.6 cm³/mol. The highest BCUT2D eigenvalue weighted by Gasteiger charge is 2.05. The monoisotopic (exact) mass is 223 g/mol. The van der Waals surface area contributed by atoms with Crippen LogP contribution in [-0.4, -0.2) is 31.8 Å². The highest BCUT2D eigenvalue weighted by Crippen LogP contribution is 2.14. The lowest BCUT2D eigenvalue weighted by Gasteiger charge is -2.22. The van der Waals surface area contributed by atoms with E-state index in [4.69, 9.17) is 10.5 Å². The van der Waals surface area contributed by atoms with E-state index in [-0.39, 0.29) is 6.04 Å². The van der Waals surface area contributed by atoms with Crippen molar-refractivity contribution in [1.29, 1.82) is 0 Å². The molecule has 2 N–H and O–H groups in total. The Hall–Kier alpha value is -1.13. The van der Waals surface area contributed by atoms with Crippen LogP contribution in [0.5, 0.6) is 0 Å². The summed E-state index contributed by atoms with van der Waals surface area (Å²) in [6.07, 6.45) is 1.87. The van der Waals surface area contributed by atoms with Gasteiger partial charge in [-0.05, 0) is 26.0 Å².